The first kappa shape index (κ1) is 22.7. The minimum Gasteiger partial charge on any atom is -0.446 e. The number of alkyl carbamates (subject to hydrolysis) is 1. The van der Waals surface area contributed by atoms with Gasteiger partial charge in [-0.05, 0) is 18.9 Å². The van der Waals surface area contributed by atoms with E-state index in [0.29, 0.717) is 32.7 Å². The van der Waals surface area contributed by atoms with E-state index < -0.39 is 6.09 Å². The number of hydrazone groups is 1. The molecule has 1 aliphatic rings. The van der Waals surface area contributed by atoms with Crippen LogP contribution in [0.3, 0.4) is 0 Å². The number of morpholine rings is 1. The standard InChI is InChI=1S/C21H32N4O4/c1-3-4-10-19(16-22-24-20(26)25-11-13-28-14-12-25)23-21(27)29-17(2)15-18-8-6-5-7-9-18/h5-9,16-17,19H,3-4,10-15H2,1-2H3,(H,23,27)(H,24,26)/b22-16+/t17-,19-/m0/s1. The molecule has 2 rings (SSSR count). The maximum atomic E-state index is 12.3. The summed E-state index contributed by atoms with van der Waals surface area (Å²) in [5.41, 5.74) is 3.63. The van der Waals surface area contributed by atoms with Crippen LogP contribution in [-0.4, -0.2) is 61.7 Å². The van der Waals surface area contributed by atoms with E-state index in [1.165, 1.54) is 0 Å². The summed E-state index contributed by atoms with van der Waals surface area (Å²) in [6, 6.07) is 9.32. The molecule has 0 unspecified atom stereocenters. The van der Waals surface area contributed by atoms with Gasteiger partial charge in [-0.15, -0.1) is 0 Å². The third-order valence-electron chi connectivity index (χ3n) is 4.56. The molecule has 2 atom stereocenters. The first-order valence-corrected chi connectivity index (χ1v) is 10.3. The number of amides is 3. The van der Waals surface area contributed by atoms with Crippen molar-refractivity contribution < 1.29 is 19.1 Å². The van der Waals surface area contributed by atoms with Crippen LogP contribution in [0.15, 0.2) is 35.4 Å². The van der Waals surface area contributed by atoms with Gasteiger partial charge < -0.3 is 19.7 Å². The maximum absolute atomic E-state index is 12.3. The molecule has 2 N–H and O–H groups in total. The van der Waals surface area contributed by atoms with Crippen LogP contribution < -0.4 is 10.7 Å². The summed E-state index contributed by atoms with van der Waals surface area (Å²) in [5.74, 6) is 0. The molecule has 0 spiro atoms. The maximum Gasteiger partial charge on any atom is 0.407 e. The molecule has 0 radical (unpaired) electrons. The fourth-order valence-corrected chi connectivity index (χ4v) is 2.98. The number of rotatable bonds is 9. The van der Waals surface area contributed by atoms with Crippen molar-refractivity contribution in [2.45, 2.75) is 51.7 Å². The second-order valence-electron chi connectivity index (χ2n) is 7.09. The van der Waals surface area contributed by atoms with E-state index >= 15 is 0 Å². The molecule has 0 saturated carbocycles. The minimum atomic E-state index is -0.486. The van der Waals surface area contributed by atoms with Crippen LogP contribution in [0.4, 0.5) is 9.59 Å². The number of urea groups is 1. The Kier molecular flexibility index (Phi) is 9.99. The van der Waals surface area contributed by atoms with Crippen LogP contribution in [0.2, 0.25) is 0 Å². The minimum absolute atomic E-state index is 0.248. The highest BCUT2D eigenvalue weighted by atomic mass is 16.6. The van der Waals surface area contributed by atoms with Gasteiger partial charge in [0, 0.05) is 25.7 Å². The lowest BCUT2D eigenvalue weighted by molar-refractivity contribution is 0.0533. The highest BCUT2D eigenvalue weighted by Crippen LogP contribution is 2.06. The number of unbranched alkanes of at least 4 members (excludes halogenated alkanes) is 1. The molecule has 1 aliphatic heterocycles. The van der Waals surface area contributed by atoms with Crippen LogP contribution in [0.25, 0.3) is 0 Å². The number of hydrogen-bond acceptors (Lipinski definition) is 5. The molecule has 160 valence electrons. The van der Waals surface area contributed by atoms with Crippen LogP contribution in [0, 0.1) is 0 Å². The second-order valence-corrected chi connectivity index (χ2v) is 7.09. The molecule has 8 heteroatoms. The highest BCUT2D eigenvalue weighted by molar-refractivity contribution is 5.78. The average molecular weight is 405 g/mol. The van der Waals surface area contributed by atoms with Crippen molar-refractivity contribution in [1.29, 1.82) is 0 Å². The molecular formula is C21H32N4O4. The third kappa shape index (κ3) is 8.95. The lowest BCUT2D eigenvalue weighted by atomic mass is 10.1. The van der Waals surface area contributed by atoms with E-state index in [0.717, 1.165) is 24.8 Å². The van der Waals surface area contributed by atoms with Crippen molar-refractivity contribution in [3.05, 3.63) is 35.9 Å². The Bertz CT molecular complexity index is 647. The zero-order chi connectivity index (χ0) is 20.9. The summed E-state index contributed by atoms with van der Waals surface area (Å²) in [6.07, 6.45) is 4.10. The molecular weight excluding hydrogens is 372 g/mol. The van der Waals surface area contributed by atoms with Crippen molar-refractivity contribution >= 4 is 18.3 Å². The van der Waals surface area contributed by atoms with E-state index in [2.05, 4.69) is 22.8 Å². The van der Waals surface area contributed by atoms with Crippen molar-refractivity contribution in [1.82, 2.24) is 15.6 Å². The van der Waals surface area contributed by atoms with Gasteiger partial charge in [-0.2, -0.15) is 5.10 Å². The average Bonchev–Trinajstić information content (AvgIpc) is 2.73. The molecule has 1 aromatic rings. The molecule has 8 nitrogen and oxygen atoms in total. The number of ether oxygens (including phenoxy) is 2. The van der Waals surface area contributed by atoms with Gasteiger partial charge in [0.25, 0.3) is 0 Å². The molecule has 3 amide bonds. The molecule has 1 saturated heterocycles. The fourth-order valence-electron chi connectivity index (χ4n) is 2.98. The Morgan fingerprint density at radius 2 is 2.00 bits per heavy atom. The monoisotopic (exact) mass is 404 g/mol. The number of carbonyl (C=O) groups is 2. The zero-order valence-electron chi connectivity index (χ0n) is 17.3. The van der Waals surface area contributed by atoms with Crippen molar-refractivity contribution in [2.75, 3.05) is 26.3 Å². The van der Waals surface area contributed by atoms with Crippen LogP contribution >= 0.6 is 0 Å². The summed E-state index contributed by atoms with van der Waals surface area (Å²) in [4.78, 5) is 26.0. The number of benzene rings is 1. The van der Waals surface area contributed by atoms with Gasteiger partial charge in [-0.25, -0.2) is 15.0 Å². The van der Waals surface area contributed by atoms with Gasteiger partial charge in [-0.1, -0.05) is 50.1 Å². The predicted molar refractivity (Wildman–Crippen MR) is 112 cm³/mol. The fraction of sp³-hybridized carbons (Fsp3) is 0.571. The summed E-state index contributed by atoms with van der Waals surface area (Å²) >= 11 is 0. The van der Waals surface area contributed by atoms with Crippen molar-refractivity contribution in [3.8, 4) is 0 Å². The van der Waals surface area contributed by atoms with Crippen molar-refractivity contribution in [2.24, 2.45) is 5.10 Å². The molecule has 1 fully saturated rings. The van der Waals surface area contributed by atoms with E-state index in [1.54, 1.807) is 11.1 Å². The molecule has 1 heterocycles. The summed E-state index contributed by atoms with van der Waals surface area (Å²) in [6.45, 7) is 6.10. The van der Waals surface area contributed by atoms with Gasteiger partial charge in [0.05, 0.1) is 19.3 Å². The van der Waals surface area contributed by atoms with E-state index in [9.17, 15) is 9.59 Å². The number of hydrogen-bond donors (Lipinski definition) is 2. The van der Waals surface area contributed by atoms with E-state index in [-0.39, 0.29) is 18.2 Å². The number of carbonyl (C=O) groups excluding carboxylic acids is 2. The zero-order valence-corrected chi connectivity index (χ0v) is 17.3. The highest BCUT2D eigenvalue weighted by Gasteiger charge is 2.17. The van der Waals surface area contributed by atoms with E-state index in [4.69, 9.17) is 9.47 Å². The van der Waals surface area contributed by atoms with Gasteiger partial charge in [-0.3, -0.25) is 0 Å². The quantitative estimate of drug-likeness (QED) is 0.489. The Balaban J connectivity index is 1.79. The van der Waals surface area contributed by atoms with Crippen LogP contribution in [0.5, 0.6) is 0 Å². The Hall–Kier alpha value is -2.61. The summed E-state index contributed by atoms with van der Waals surface area (Å²) < 4.78 is 10.7. The second kappa shape index (κ2) is 12.8. The van der Waals surface area contributed by atoms with Crippen molar-refractivity contribution in [3.63, 3.8) is 0 Å². The van der Waals surface area contributed by atoms with Gasteiger partial charge >= 0.3 is 12.1 Å². The Morgan fingerprint density at radius 1 is 1.28 bits per heavy atom. The number of nitrogens with one attached hydrogen (secondary N) is 2. The molecule has 0 aromatic heterocycles. The predicted octanol–water partition coefficient (Wildman–Crippen LogP) is 2.93. The third-order valence-corrected chi connectivity index (χ3v) is 4.56. The van der Waals surface area contributed by atoms with Gasteiger partial charge in [0.15, 0.2) is 0 Å². The SMILES string of the molecule is CCCC[C@@H](/C=N/NC(=O)N1CCOCC1)NC(=O)O[C@@H](C)Cc1ccccc1. The normalized spacial score (nSPS) is 16.3. The van der Waals surface area contributed by atoms with Gasteiger partial charge in [0.1, 0.15) is 6.10 Å². The summed E-state index contributed by atoms with van der Waals surface area (Å²) in [7, 11) is 0. The smallest absolute Gasteiger partial charge is 0.407 e. The van der Waals surface area contributed by atoms with Crippen LogP contribution in [-0.2, 0) is 15.9 Å². The number of nitrogens with zero attached hydrogens (tertiary/aromatic N) is 2. The largest absolute Gasteiger partial charge is 0.446 e. The lowest BCUT2D eigenvalue weighted by Crippen LogP contribution is -2.45. The molecule has 29 heavy (non-hydrogen) atoms. The topological polar surface area (TPSA) is 92.3 Å². The van der Waals surface area contributed by atoms with E-state index in [1.807, 2.05) is 37.3 Å². The first-order valence-electron chi connectivity index (χ1n) is 10.3. The summed E-state index contributed by atoms with van der Waals surface area (Å²) in [5, 5.41) is 6.85. The lowest BCUT2D eigenvalue weighted by Gasteiger charge is -2.25. The molecule has 0 aliphatic carbocycles. The van der Waals surface area contributed by atoms with Gasteiger partial charge in [0.2, 0.25) is 0 Å². The molecule has 0 bridgehead atoms. The Morgan fingerprint density at radius 3 is 2.69 bits per heavy atom. The van der Waals surface area contributed by atoms with Crippen LogP contribution in [0.1, 0.15) is 38.7 Å². The molecule has 1 aromatic carbocycles. The Labute approximate surface area is 172 Å². The first-order chi connectivity index (χ1) is 14.1.